The standard InChI is InChI=1S/C12H13N3O4/c1-6-7(8-4-13-8)3-14-10(11(6)17)12(18)15-5-9(16)19-2/h3-4,8,17H,5H2,1-2H3,(H,15,18). The third kappa shape index (κ3) is 2.70. The first-order valence-electron chi connectivity index (χ1n) is 5.61. The van der Waals surface area contributed by atoms with E-state index in [-0.39, 0.29) is 24.0 Å². The molecule has 1 unspecified atom stereocenters. The van der Waals surface area contributed by atoms with Crippen LogP contribution in [-0.4, -0.2) is 41.8 Å². The van der Waals surface area contributed by atoms with E-state index in [1.54, 1.807) is 13.1 Å². The predicted molar refractivity (Wildman–Crippen MR) is 66.2 cm³/mol. The van der Waals surface area contributed by atoms with Gasteiger partial charge in [0.15, 0.2) is 5.69 Å². The molecule has 19 heavy (non-hydrogen) atoms. The second kappa shape index (κ2) is 5.05. The van der Waals surface area contributed by atoms with Gasteiger partial charge in [-0.1, -0.05) is 0 Å². The molecule has 1 aromatic rings. The van der Waals surface area contributed by atoms with Crippen molar-refractivity contribution in [2.45, 2.75) is 13.0 Å². The number of hydrogen-bond donors (Lipinski definition) is 2. The van der Waals surface area contributed by atoms with Crippen LogP contribution in [0.5, 0.6) is 5.75 Å². The van der Waals surface area contributed by atoms with Gasteiger partial charge in [0.1, 0.15) is 18.3 Å². The van der Waals surface area contributed by atoms with Gasteiger partial charge in [-0.05, 0) is 6.92 Å². The summed E-state index contributed by atoms with van der Waals surface area (Å²) in [7, 11) is 1.22. The van der Waals surface area contributed by atoms with Crippen LogP contribution in [0.1, 0.15) is 27.7 Å². The van der Waals surface area contributed by atoms with Crippen molar-refractivity contribution in [3.05, 3.63) is 23.0 Å². The van der Waals surface area contributed by atoms with Crippen molar-refractivity contribution in [1.29, 1.82) is 0 Å². The number of hydrogen-bond acceptors (Lipinski definition) is 6. The number of esters is 1. The lowest BCUT2D eigenvalue weighted by Gasteiger charge is -2.10. The quantitative estimate of drug-likeness (QED) is 0.751. The van der Waals surface area contributed by atoms with E-state index in [1.165, 1.54) is 13.3 Å². The van der Waals surface area contributed by atoms with E-state index in [0.717, 1.165) is 5.56 Å². The van der Waals surface area contributed by atoms with Gasteiger partial charge in [0.2, 0.25) is 0 Å². The first-order chi connectivity index (χ1) is 9.04. The van der Waals surface area contributed by atoms with Crippen molar-refractivity contribution in [3.8, 4) is 5.75 Å². The van der Waals surface area contributed by atoms with E-state index in [1.807, 2.05) is 0 Å². The Morgan fingerprint density at radius 2 is 2.21 bits per heavy atom. The van der Waals surface area contributed by atoms with Crippen LogP contribution in [0, 0.1) is 6.92 Å². The normalized spacial score (nSPS) is 16.0. The third-order valence-corrected chi connectivity index (χ3v) is 2.80. The van der Waals surface area contributed by atoms with Crippen molar-refractivity contribution in [2.24, 2.45) is 4.99 Å². The summed E-state index contributed by atoms with van der Waals surface area (Å²) < 4.78 is 4.40. The summed E-state index contributed by atoms with van der Waals surface area (Å²) in [6.07, 6.45) is 3.22. The molecule has 1 aliphatic rings. The predicted octanol–water partition coefficient (Wildman–Crippen LogP) is 0.124. The van der Waals surface area contributed by atoms with E-state index in [2.05, 4.69) is 20.0 Å². The second-order valence-corrected chi connectivity index (χ2v) is 4.04. The number of pyridine rings is 1. The Labute approximate surface area is 109 Å². The summed E-state index contributed by atoms with van der Waals surface area (Å²) in [4.78, 5) is 30.6. The highest BCUT2D eigenvalue weighted by Gasteiger charge is 2.24. The van der Waals surface area contributed by atoms with Crippen LogP contribution in [0.4, 0.5) is 0 Å². The lowest BCUT2D eigenvalue weighted by Crippen LogP contribution is -2.30. The van der Waals surface area contributed by atoms with E-state index in [4.69, 9.17) is 0 Å². The molecule has 0 radical (unpaired) electrons. The van der Waals surface area contributed by atoms with Crippen molar-refractivity contribution >= 4 is 18.1 Å². The highest BCUT2D eigenvalue weighted by molar-refractivity contribution is 5.97. The van der Waals surface area contributed by atoms with E-state index < -0.39 is 11.9 Å². The Balaban J connectivity index is 2.14. The van der Waals surface area contributed by atoms with Crippen LogP contribution in [0.2, 0.25) is 0 Å². The van der Waals surface area contributed by atoms with Crippen LogP contribution in [0.3, 0.4) is 0 Å². The summed E-state index contributed by atoms with van der Waals surface area (Å²) >= 11 is 0. The zero-order valence-corrected chi connectivity index (χ0v) is 10.5. The van der Waals surface area contributed by atoms with Gasteiger partial charge in [0.25, 0.3) is 5.91 Å². The lowest BCUT2D eigenvalue weighted by atomic mass is 10.1. The summed E-state index contributed by atoms with van der Waals surface area (Å²) in [5.41, 5.74) is 1.20. The largest absolute Gasteiger partial charge is 0.505 e. The number of aromatic nitrogens is 1. The molecular weight excluding hydrogens is 250 g/mol. The molecule has 0 spiro atoms. The topological polar surface area (TPSA) is 101 Å². The molecular formula is C12H13N3O4. The number of rotatable bonds is 4. The molecule has 0 saturated carbocycles. The maximum absolute atomic E-state index is 11.8. The zero-order valence-electron chi connectivity index (χ0n) is 10.5. The van der Waals surface area contributed by atoms with Gasteiger partial charge >= 0.3 is 5.97 Å². The van der Waals surface area contributed by atoms with Gasteiger partial charge in [-0.15, -0.1) is 0 Å². The fourth-order valence-electron chi connectivity index (χ4n) is 1.58. The molecule has 0 aliphatic carbocycles. The molecule has 0 bridgehead atoms. The molecule has 2 heterocycles. The fourth-order valence-corrected chi connectivity index (χ4v) is 1.58. The van der Waals surface area contributed by atoms with Gasteiger partial charge in [-0.2, -0.15) is 0 Å². The van der Waals surface area contributed by atoms with E-state index >= 15 is 0 Å². The maximum atomic E-state index is 11.8. The monoisotopic (exact) mass is 263 g/mol. The molecule has 1 amide bonds. The average molecular weight is 263 g/mol. The number of nitrogens with zero attached hydrogens (tertiary/aromatic N) is 2. The van der Waals surface area contributed by atoms with E-state index in [0.29, 0.717) is 5.56 Å². The number of methoxy groups -OCH3 is 1. The minimum atomic E-state index is -0.630. The third-order valence-electron chi connectivity index (χ3n) is 2.80. The van der Waals surface area contributed by atoms with Crippen LogP contribution < -0.4 is 5.32 Å². The highest BCUT2D eigenvalue weighted by atomic mass is 16.5. The molecule has 0 aromatic carbocycles. The Morgan fingerprint density at radius 1 is 1.53 bits per heavy atom. The minimum absolute atomic E-state index is 0.0504. The number of ether oxygens (including phenoxy) is 1. The molecule has 1 atom stereocenters. The van der Waals surface area contributed by atoms with Gasteiger partial charge in [0, 0.05) is 23.5 Å². The average Bonchev–Trinajstić information content (AvgIpc) is 3.23. The molecule has 0 fully saturated rings. The number of aliphatic imine (C=N–C) groups is 1. The van der Waals surface area contributed by atoms with Crippen molar-refractivity contribution < 1.29 is 19.4 Å². The number of aromatic hydroxyl groups is 1. The molecule has 1 aromatic heterocycles. The van der Waals surface area contributed by atoms with Crippen LogP contribution in [0.25, 0.3) is 0 Å². The number of carbonyl (C=O) groups excluding carboxylic acids is 2. The Hall–Kier alpha value is -2.44. The Morgan fingerprint density at radius 3 is 2.79 bits per heavy atom. The van der Waals surface area contributed by atoms with Crippen LogP contribution >= 0.6 is 0 Å². The van der Waals surface area contributed by atoms with Gasteiger partial charge in [-0.25, -0.2) is 4.98 Å². The van der Waals surface area contributed by atoms with Crippen molar-refractivity contribution in [3.63, 3.8) is 0 Å². The molecule has 7 heteroatoms. The van der Waals surface area contributed by atoms with Crippen molar-refractivity contribution in [2.75, 3.05) is 13.7 Å². The summed E-state index contributed by atoms with van der Waals surface area (Å²) in [5.74, 6) is -1.41. The maximum Gasteiger partial charge on any atom is 0.325 e. The first kappa shape index (κ1) is 13.0. The molecule has 1 aliphatic heterocycles. The van der Waals surface area contributed by atoms with Gasteiger partial charge in [-0.3, -0.25) is 14.6 Å². The second-order valence-electron chi connectivity index (χ2n) is 4.04. The highest BCUT2D eigenvalue weighted by Crippen LogP contribution is 2.32. The number of amides is 1. The lowest BCUT2D eigenvalue weighted by molar-refractivity contribution is -0.139. The van der Waals surface area contributed by atoms with Crippen molar-refractivity contribution in [1.82, 2.24) is 10.3 Å². The Bertz CT molecular complexity index is 562. The summed E-state index contributed by atoms with van der Waals surface area (Å²) in [6.45, 7) is 1.41. The van der Waals surface area contributed by atoms with Crippen LogP contribution in [-0.2, 0) is 9.53 Å². The van der Waals surface area contributed by atoms with Gasteiger partial charge < -0.3 is 15.2 Å². The molecule has 2 rings (SSSR count). The summed E-state index contributed by atoms with van der Waals surface area (Å²) in [6, 6.07) is -0.0504. The molecule has 2 N–H and O–H groups in total. The van der Waals surface area contributed by atoms with Crippen LogP contribution in [0.15, 0.2) is 11.2 Å². The van der Waals surface area contributed by atoms with E-state index in [9.17, 15) is 14.7 Å². The number of carbonyl (C=O) groups is 2. The zero-order chi connectivity index (χ0) is 14.0. The Kier molecular flexibility index (Phi) is 3.46. The first-order valence-corrected chi connectivity index (χ1v) is 5.61. The molecule has 0 saturated heterocycles. The fraction of sp³-hybridized carbons (Fsp3) is 0.333. The smallest absolute Gasteiger partial charge is 0.325 e. The van der Waals surface area contributed by atoms with Gasteiger partial charge in [0.05, 0.1) is 7.11 Å². The molecule has 100 valence electrons. The molecule has 7 nitrogen and oxygen atoms in total. The minimum Gasteiger partial charge on any atom is -0.505 e. The SMILES string of the molecule is COC(=O)CNC(=O)c1ncc(C2C=N2)c(C)c1O. The summed E-state index contributed by atoms with van der Waals surface area (Å²) in [5, 5.41) is 12.3. The number of nitrogens with one attached hydrogen (secondary N) is 1.